The van der Waals surface area contributed by atoms with Gasteiger partial charge in [-0.2, -0.15) is 0 Å². The monoisotopic (exact) mass is 261 g/mol. The highest BCUT2D eigenvalue weighted by Gasteiger charge is 2.16. The molecule has 102 valence electrons. The van der Waals surface area contributed by atoms with E-state index in [4.69, 9.17) is 5.53 Å². The van der Waals surface area contributed by atoms with E-state index in [1.165, 1.54) is 0 Å². The highest BCUT2D eigenvalue weighted by molar-refractivity contribution is 5.96. The van der Waals surface area contributed by atoms with Gasteiger partial charge in [-0.05, 0) is 18.4 Å². The molecule has 0 amide bonds. The van der Waals surface area contributed by atoms with Crippen LogP contribution in [0.25, 0.3) is 10.4 Å². The molecule has 2 atom stereocenters. The average Bonchev–Trinajstić information content (AvgIpc) is 2.40. The Bertz CT molecular complexity index is 441. The van der Waals surface area contributed by atoms with E-state index in [1.807, 2.05) is 13.0 Å². The number of benzene rings is 1. The fourth-order valence-corrected chi connectivity index (χ4v) is 1.98. The summed E-state index contributed by atoms with van der Waals surface area (Å²) in [6.07, 6.45) is 1.22. The SMILES string of the molecule is CCC[C@@H](C[C@@H](O)CC(=O)c1ccccc1)N=[N+]=[N-]. The van der Waals surface area contributed by atoms with E-state index in [0.29, 0.717) is 12.0 Å². The number of Topliss-reactive ketones (excluding diaryl/α,β-unsaturated/α-hetero) is 1. The summed E-state index contributed by atoms with van der Waals surface area (Å²) in [4.78, 5) is 14.7. The second kappa shape index (κ2) is 8.29. The largest absolute Gasteiger partial charge is 0.393 e. The molecule has 0 heterocycles. The van der Waals surface area contributed by atoms with Crippen LogP contribution in [0.5, 0.6) is 0 Å². The first-order valence-electron chi connectivity index (χ1n) is 6.47. The lowest BCUT2D eigenvalue weighted by atomic mass is 9.99. The van der Waals surface area contributed by atoms with Crippen molar-refractivity contribution in [1.82, 2.24) is 0 Å². The standard InChI is InChI=1S/C14H19N3O2/c1-2-6-12(16-17-15)9-13(18)10-14(19)11-7-4-3-5-8-11/h3-5,7-8,12-13,18H,2,6,9-10H2,1H3/t12-,13+/m0/s1. The Balaban J connectivity index is 2.52. The molecule has 0 saturated heterocycles. The van der Waals surface area contributed by atoms with Gasteiger partial charge in [-0.25, -0.2) is 0 Å². The van der Waals surface area contributed by atoms with E-state index in [0.717, 1.165) is 12.8 Å². The van der Waals surface area contributed by atoms with Crippen LogP contribution in [0.15, 0.2) is 35.4 Å². The zero-order valence-electron chi connectivity index (χ0n) is 11.1. The summed E-state index contributed by atoms with van der Waals surface area (Å²) in [5.74, 6) is -0.0933. The van der Waals surface area contributed by atoms with Crippen molar-refractivity contribution in [3.05, 3.63) is 46.3 Å². The molecule has 1 aromatic rings. The summed E-state index contributed by atoms with van der Waals surface area (Å²) in [6.45, 7) is 1.99. The molecule has 1 aromatic carbocycles. The van der Waals surface area contributed by atoms with Crippen LogP contribution in [-0.2, 0) is 0 Å². The molecule has 5 nitrogen and oxygen atoms in total. The number of aliphatic hydroxyl groups excluding tert-OH is 1. The second-order valence-corrected chi connectivity index (χ2v) is 4.53. The third-order valence-corrected chi connectivity index (χ3v) is 2.90. The molecule has 0 aromatic heterocycles. The molecule has 0 aliphatic carbocycles. The fourth-order valence-electron chi connectivity index (χ4n) is 1.98. The van der Waals surface area contributed by atoms with Gasteiger partial charge in [0.05, 0.1) is 6.10 Å². The molecule has 0 saturated carbocycles. The Labute approximate surface area is 112 Å². The number of hydrogen-bond donors (Lipinski definition) is 1. The maximum absolute atomic E-state index is 11.9. The van der Waals surface area contributed by atoms with Crippen LogP contribution in [0.4, 0.5) is 0 Å². The molecule has 1 rings (SSSR count). The highest BCUT2D eigenvalue weighted by atomic mass is 16.3. The number of nitrogens with zero attached hydrogens (tertiary/aromatic N) is 3. The highest BCUT2D eigenvalue weighted by Crippen LogP contribution is 2.14. The summed E-state index contributed by atoms with van der Waals surface area (Å²) < 4.78 is 0. The number of ketones is 1. The minimum Gasteiger partial charge on any atom is -0.393 e. The molecule has 0 radical (unpaired) electrons. The van der Waals surface area contributed by atoms with E-state index in [-0.39, 0.29) is 18.2 Å². The van der Waals surface area contributed by atoms with Crippen LogP contribution in [0.2, 0.25) is 0 Å². The zero-order valence-corrected chi connectivity index (χ0v) is 11.1. The van der Waals surface area contributed by atoms with E-state index in [2.05, 4.69) is 10.0 Å². The Hall–Kier alpha value is -1.84. The Morgan fingerprint density at radius 3 is 2.68 bits per heavy atom. The molecule has 0 aliphatic rings. The van der Waals surface area contributed by atoms with Gasteiger partial charge >= 0.3 is 0 Å². The van der Waals surface area contributed by atoms with Gasteiger partial charge in [0.25, 0.3) is 0 Å². The molecule has 5 heteroatoms. The van der Waals surface area contributed by atoms with Crippen molar-refractivity contribution in [2.24, 2.45) is 5.11 Å². The van der Waals surface area contributed by atoms with Crippen molar-refractivity contribution >= 4 is 5.78 Å². The van der Waals surface area contributed by atoms with E-state index in [1.54, 1.807) is 24.3 Å². The average molecular weight is 261 g/mol. The number of rotatable bonds is 8. The minimum absolute atomic E-state index is 0.0607. The predicted molar refractivity (Wildman–Crippen MR) is 73.9 cm³/mol. The van der Waals surface area contributed by atoms with Crippen molar-refractivity contribution in [3.8, 4) is 0 Å². The molecule has 1 N–H and O–H groups in total. The van der Waals surface area contributed by atoms with Gasteiger partial charge in [0.15, 0.2) is 5.78 Å². The lowest BCUT2D eigenvalue weighted by Crippen LogP contribution is -2.19. The van der Waals surface area contributed by atoms with Crippen molar-refractivity contribution < 1.29 is 9.90 Å². The molecule has 0 bridgehead atoms. The first-order chi connectivity index (χ1) is 9.17. The first-order valence-corrected chi connectivity index (χ1v) is 6.47. The summed E-state index contributed by atoms with van der Waals surface area (Å²) in [6, 6.07) is 8.64. The van der Waals surface area contributed by atoms with Gasteiger partial charge < -0.3 is 5.11 Å². The lowest BCUT2D eigenvalue weighted by Gasteiger charge is -2.14. The predicted octanol–water partition coefficient (Wildman–Crippen LogP) is 3.49. The normalized spacial score (nSPS) is 13.4. The Morgan fingerprint density at radius 1 is 1.42 bits per heavy atom. The van der Waals surface area contributed by atoms with Gasteiger partial charge in [-0.3, -0.25) is 4.79 Å². The first kappa shape index (κ1) is 15.2. The van der Waals surface area contributed by atoms with Gasteiger partial charge in [0.2, 0.25) is 0 Å². The van der Waals surface area contributed by atoms with Crippen LogP contribution < -0.4 is 0 Å². The third-order valence-electron chi connectivity index (χ3n) is 2.90. The van der Waals surface area contributed by atoms with Crippen LogP contribution in [0, 0.1) is 0 Å². The second-order valence-electron chi connectivity index (χ2n) is 4.53. The van der Waals surface area contributed by atoms with Gasteiger partial charge in [0.1, 0.15) is 0 Å². The number of carbonyl (C=O) groups excluding carboxylic acids is 1. The molecule has 0 unspecified atom stereocenters. The summed E-state index contributed by atoms with van der Waals surface area (Å²) in [5.41, 5.74) is 9.04. The molecular weight excluding hydrogens is 242 g/mol. The number of aliphatic hydroxyl groups is 1. The smallest absolute Gasteiger partial charge is 0.165 e. The van der Waals surface area contributed by atoms with Gasteiger partial charge in [0, 0.05) is 22.9 Å². The molecule has 0 spiro atoms. The summed E-state index contributed by atoms with van der Waals surface area (Å²) in [5, 5.41) is 13.5. The quantitative estimate of drug-likeness (QED) is 0.336. The van der Waals surface area contributed by atoms with Crippen LogP contribution in [0.1, 0.15) is 43.0 Å². The minimum atomic E-state index is -0.769. The van der Waals surface area contributed by atoms with Crippen molar-refractivity contribution in [2.45, 2.75) is 44.8 Å². The van der Waals surface area contributed by atoms with Crippen molar-refractivity contribution in [1.29, 1.82) is 0 Å². The van der Waals surface area contributed by atoms with E-state index >= 15 is 0 Å². The van der Waals surface area contributed by atoms with E-state index in [9.17, 15) is 9.90 Å². The molecule has 0 fully saturated rings. The number of azide groups is 1. The Morgan fingerprint density at radius 2 is 2.11 bits per heavy atom. The van der Waals surface area contributed by atoms with Gasteiger partial charge in [-0.1, -0.05) is 48.8 Å². The maximum Gasteiger partial charge on any atom is 0.165 e. The fraction of sp³-hybridized carbons (Fsp3) is 0.500. The third kappa shape index (κ3) is 5.55. The Kier molecular flexibility index (Phi) is 6.64. The summed E-state index contributed by atoms with van der Waals surface area (Å²) in [7, 11) is 0. The number of carbonyl (C=O) groups is 1. The van der Waals surface area contributed by atoms with Crippen LogP contribution in [0.3, 0.4) is 0 Å². The zero-order chi connectivity index (χ0) is 14.1. The molecule has 0 aliphatic heterocycles. The summed E-state index contributed by atoms with van der Waals surface area (Å²) >= 11 is 0. The van der Waals surface area contributed by atoms with Gasteiger partial charge in [-0.15, -0.1) is 0 Å². The van der Waals surface area contributed by atoms with Crippen molar-refractivity contribution in [3.63, 3.8) is 0 Å². The van der Waals surface area contributed by atoms with E-state index < -0.39 is 6.10 Å². The van der Waals surface area contributed by atoms with Crippen LogP contribution >= 0.6 is 0 Å². The number of hydrogen-bond acceptors (Lipinski definition) is 3. The lowest BCUT2D eigenvalue weighted by molar-refractivity contribution is 0.0855. The van der Waals surface area contributed by atoms with Crippen LogP contribution in [-0.4, -0.2) is 23.0 Å². The molecular formula is C14H19N3O2. The maximum atomic E-state index is 11.9. The molecule has 19 heavy (non-hydrogen) atoms. The topological polar surface area (TPSA) is 86.1 Å². The van der Waals surface area contributed by atoms with Crippen molar-refractivity contribution in [2.75, 3.05) is 0 Å².